The predicted octanol–water partition coefficient (Wildman–Crippen LogP) is 2.86. The first-order valence-corrected chi connectivity index (χ1v) is 8.71. The molecule has 0 spiro atoms. The fourth-order valence-electron chi connectivity index (χ4n) is 3.79. The number of aliphatic imine (C=N–C) groups is 1. The first-order chi connectivity index (χ1) is 11.6. The Morgan fingerprint density at radius 1 is 1.29 bits per heavy atom. The lowest BCUT2D eigenvalue weighted by Crippen LogP contribution is -2.38. The minimum absolute atomic E-state index is 0.180. The molecule has 3 N–H and O–H groups in total. The molecule has 4 nitrogen and oxygen atoms in total. The van der Waals surface area contributed by atoms with Crippen molar-refractivity contribution in [2.75, 3.05) is 19.7 Å². The van der Waals surface area contributed by atoms with Crippen molar-refractivity contribution in [1.82, 2.24) is 5.32 Å². The van der Waals surface area contributed by atoms with Gasteiger partial charge in [0, 0.05) is 18.6 Å². The molecule has 1 aromatic carbocycles. The SMILES string of the molecule is NC(=NCC1(c2cccc(F)c2F)CCCC1)NCC1CCCO1. The van der Waals surface area contributed by atoms with Crippen molar-refractivity contribution < 1.29 is 13.5 Å². The first kappa shape index (κ1) is 17.1. The molecule has 1 aromatic rings. The third kappa shape index (κ3) is 3.69. The maximum Gasteiger partial charge on any atom is 0.188 e. The molecule has 1 aliphatic heterocycles. The summed E-state index contributed by atoms with van der Waals surface area (Å²) >= 11 is 0. The highest BCUT2D eigenvalue weighted by Gasteiger charge is 2.38. The van der Waals surface area contributed by atoms with Crippen molar-refractivity contribution in [3.8, 4) is 0 Å². The van der Waals surface area contributed by atoms with Gasteiger partial charge in [-0.15, -0.1) is 0 Å². The van der Waals surface area contributed by atoms with Crippen molar-refractivity contribution in [3.63, 3.8) is 0 Å². The number of halogens is 2. The summed E-state index contributed by atoms with van der Waals surface area (Å²) in [6.45, 7) is 1.81. The number of ether oxygens (including phenoxy) is 1. The smallest absolute Gasteiger partial charge is 0.188 e. The highest BCUT2D eigenvalue weighted by Crippen LogP contribution is 2.42. The molecule has 1 atom stereocenters. The van der Waals surface area contributed by atoms with E-state index in [2.05, 4.69) is 10.3 Å². The molecule has 1 unspecified atom stereocenters. The second-order valence-electron chi connectivity index (χ2n) is 6.81. The molecule has 132 valence electrons. The third-order valence-electron chi connectivity index (χ3n) is 5.17. The molecular weight excluding hydrogens is 312 g/mol. The highest BCUT2D eigenvalue weighted by molar-refractivity contribution is 5.77. The van der Waals surface area contributed by atoms with Crippen LogP contribution in [-0.4, -0.2) is 31.8 Å². The standard InChI is InChI=1S/C18H25F2N3O/c19-15-7-3-6-14(16(15)20)18(8-1-2-9-18)12-23-17(21)22-11-13-5-4-10-24-13/h3,6-7,13H,1-2,4-5,8-12H2,(H3,21,22,23). The average molecular weight is 337 g/mol. The molecule has 1 heterocycles. The Hall–Kier alpha value is -1.69. The zero-order valence-electron chi connectivity index (χ0n) is 13.9. The molecule has 0 aromatic heterocycles. The van der Waals surface area contributed by atoms with E-state index >= 15 is 0 Å². The molecule has 1 saturated carbocycles. The van der Waals surface area contributed by atoms with Crippen LogP contribution >= 0.6 is 0 Å². The van der Waals surface area contributed by atoms with Gasteiger partial charge in [0.25, 0.3) is 0 Å². The summed E-state index contributed by atoms with van der Waals surface area (Å²) in [5.74, 6) is -1.21. The lowest BCUT2D eigenvalue weighted by atomic mass is 9.78. The topological polar surface area (TPSA) is 59.6 Å². The van der Waals surface area contributed by atoms with Gasteiger partial charge in [-0.05, 0) is 37.3 Å². The lowest BCUT2D eigenvalue weighted by molar-refractivity contribution is 0.114. The van der Waals surface area contributed by atoms with Crippen molar-refractivity contribution in [2.24, 2.45) is 10.7 Å². The Morgan fingerprint density at radius 2 is 2.08 bits per heavy atom. The summed E-state index contributed by atoms with van der Waals surface area (Å²) < 4.78 is 33.5. The van der Waals surface area contributed by atoms with Crippen LogP contribution in [0.4, 0.5) is 8.78 Å². The Labute approximate surface area is 141 Å². The minimum Gasteiger partial charge on any atom is -0.376 e. The van der Waals surface area contributed by atoms with Gasteiger partial charge in [-0.25, -0.2) is 8.78 Å². The quantitative estimate of drug-likeness (QED) is 0.642. The van der Waals surface area contributed by atoms with Gasteiger partial charge in [0.1, 0.15) is 0 Å². The molecule has 6 heteroatoms. The third-order valence-corrected chi connectivity index (χ3v) is 5.17. The fraction of sp³-hybridized carbons (Fsp3) is 0.611. The summed E-state index contributed by atoms with van der Waals surface area (Å²) in [5, 5.41) is 3.08. The van der Waals surface area contributed by atoms with Crippen molar-refractivity contribution in [3.05, 3.63) is 35.4 Å². The van der Waals surface area contributed by atoms with Gasteiger partial charge >= 0.3 is 0 Å². The van der Waals surface area contributed by atoms with Gasteiger partial charge in [0.05, 0.1) is 12.6 Å². The van der Waals surface area contributed by atoms with Gasteiger partial charge in [-0.2, -0.15) is 0 Å². The number of benzene rings is 1. The van der Waals surface area contributed by atoms with E-state index in [-0.39, 0.29) is 6.10 Å². The normalized spacial score (nSPS) is 23.6. The maximum absolute atomic E-state index is 14.3. The molecule has 1 aliphatic carbocycles. The van der Waals surface area contributed by atoms with Crippen LogP contribution < -0.4 is 11.1 Å². The van der Waals surface area contributed by atoms with Crippen LogP contribution in [0.5, 0.6) is 0 Å². The number of hydrogen-bond donors (Lipinski definition) is 2. The molecule has 0 amide bonds. The van der Waals surface area contributed by atoms with Crippen LogP contribution in [0.2, 0.25) is 0 Å². The van der Waals surface area contributed by atoms with Crippen LogP contribution in [0.25, 0.3) is 0 Å². The zero-order chi connectivity index (χ0) is 17.0. The Kier molecular flexibility index (Phi) is 5.33. The summed E-state index contributed by atoms with van der Waals surface area (Å²) in [6.07, 6.45) is 5.87. The number of nitrogens with one attached hydrogen (secondary N) is 1. The van der Waals surface area contributed by atoms with Crippen LogP contribution in [0.15, 0.2) is 23.2 Å². The van der Waals surface area contributed by atoms with Crippen LogP contribution in [0.1, 0.15) is 44.1 Å². The lowest BCUT2D eigenvalue weighted by Gasteiger charge is -2.28. The molecule has 3 rings (SSSR count). The monoisotopic (exact) mass is 337 g/mol. The Morgan fingerprint density at radius 3 is 2.79 bits per heavy atom. The van der Waals surface area contributed by atoms with E-state index in [0.29, 0.717) is 24.6 Å². The van der Waals surface area contributed by atoms with E-state index in [9.17, 15) is 8.78 Å². The molecule has 1 saturated heterocycles. The molecule has 24 heavy (non-hydrogen) atoms. The van der Waals surface area contributed by atoms with Crippen LogP contribution in [0, 0.1) is 11.6 Å². The van der Waals surface area contributed by atoms with Crippen LogP contribution in [0.3, 0.4) is 0 Å². The Balaban J connectivity index is 1.69. The van der Waals surface area contributed by atoms with Crippen molar-refractivity contribution in [1.29, 1.82) is 0 Å². The van der Waals surface area contributed by atoms with E-state index in [0.717, 1.165) is 51.2 Å². The molecule has 2 fully saturated rings. The number of nitrogens with two attached hydrogens (primary N) is 1. The van der Waals surface area contributed by atoms with E-state index in [1.165, 1.54) is 0 Å². The van der Waals surface area contributed by atoms with Gasteiger partial charge in [-0.1, -0.05) is 25.0 Å². The number of guanidine groups is 1. The molecular formula is C18H25F2N3O. The second kappa shape index (κ2) is 7.47. The summed E-state index contributed by atoms with van der Waals surface area (Å²) in [4.78, 5) is 4.43. The van der Waals surface area contributed by atoms with Gasteiger partial charge < -0.3 is 15.8 Å². The maximum atomic E-state index is 14.3. The summed E-state index contributed by atoms with van der Waals surface area (Å²) in [7, 11) is 0. The van der Waals surface area contributed by atoms with E-state index < -0.39 is 17.0 Å². The fourth-order valence-corrected chi connectivity index (χ4v) is 3.79. The Bertz CT molecular complexity index is 594. The zero-order valence-corrected chi connectivity index (χ0v) is 13.9. The van der Waals surface area contributed by atoms with Gasteiger partial charge in [0.15, 0.2) is 17.6 Å². The molecule has 0 bridgehead atoms. The molecule has 0 radical (unpaired) electrons. The van der Waals surface area contributed by atoms with Gasteiger partial charge in [-0.3, -0.25) is 4.99 Å². The van der Waals surface area contributed by atoms with Gasteiger partial charge in [0.2, 0.25) is 0 Å². The largest absolute Gasteiger partial charge is 0.376 e. The summed E-state index contributed by atoms with van der Waals surface area (Å²) in [5.41, 5.74) is 5.92. The number of hydrogen-bond acceptors (Lipinski definition) is 2. The highest BCUT2D eigenvalue weighted by atomic mass is 19.2. The van der Waals surface area contributed by atoms with Crippen LogP contribution in [-0.2, 0) is 10.2 Å². The number of rotatable bonds is 5. The van der Waals surface area contributed by atoms with Crippen molar-refractivity contribution >= 4 is 5.96 Å². The van der Waals surface area contributed by atoms with E-state index in [1.807, 2.05) is 0 Å². The number of nitrogens with zero attached hydrogens (tertiary/aromatic N) is 1. The van der Waals surface area contributed by atoms with E-state index in [4.69, 9.17) is 10.5 Å². The first-order valence-electron chi connectivity index (χ1n) is 8.71. The van der Waals surface area contributed by atoms with E-state index in [1.54, 1.807) is 12.1 Å². The predicted molar refractivity (Wildman–Crippen MR) is 90.0 cm³/mol. The average Bonchev–Trinajstić information content (AvgIpc) is 3.26. The molecule has 2 aliphatic rings. The van der Waals surface area contributed by atoms with Crippen molar-refractivity contribution in [2.45, 2.75) is 50.0 Å². The second-order valence-corrected chi connectivity index (χ2v) is 6.81. The summed E-state index contributed by atoms with van der Waals surface area (Å²) in [6, 6.07) is 4.40. The minimum atomic E-state index is -0.799.